The molecular formula is C22H33FO3. The van der Waals surface area contributed by atoms with E-state index >= 15 is 0 Å². The lowest BCUT2D eigenvalue weighted by atomic mass is 9.47. The molecule has 0 N–H and O–H groups in total. The molecule has 4 unspecified atom stereocenters. The molecule has 0 amide bonds. The Labute approximate surface area is 156 Å². The number of rotatable bonds is 0. The van der Waals surface area contributed by atoms with Crippen molar-refractivity contribution < 1.29 is 18.7 Å². The summed E-state index contributed by atoms with van der Waals surface area (Å²) in [5.41, 5.74) is 3.16. The zero-order valence-corrected chi connectivity index (χ0v) is 16.7. The molecule has 0 bridgehead atoms. The number of esters is 1. The van der Waals surface area contributed by atoms with Crippen LogP contribution in [-0.2, 0) is 14.3 Å². The summed E-state index contributed by atoms with van der Waals surface area (Å²) in [4.78, 5) is 21.3. The van der Waals surface area contributed by atoms with Crippen molar-refractivity contribution in [3.05, 3.63) is 11.1 Å². The molecule has 2 fully saturated rings. The van der Waals surface area contributed by atoms with Crippen molar-refractivity contribution in [3.8, 4) is 0 Å². The molecule has 0 aromatic heterocycles. The molecule has 0 aromatic carbocycles. The number of alkyl halides is 1. The molecule has 4 aliphatic carbocycles. The van der Waals surface area contributed by atoms with Crippen LogP contribution < -0.4 is 0 Å². The van der Waals surface area contributed by atoms with Crippen molar-refractivity contribution >= 4 is 11.8 Å². The number of hydrogen-bond donors (Lipinski definition) is 0. The van der Waals surface area contributed by atoms with Crippen LogP contribution in [0.4, 0.5) is 4.39 Å². The van der Waals surface area contributed by atoms with Crippen molar-refractivity contribution in [2.75, 3.05) is 7.11 Å². The van der Waals surface area contributed by atoms with Gasteiger partial charge < -0.3 is 4.74 Å². The topological polar surface area (TPSA) is 43.4 Å². The van der Waals surface area contributed by atoms with E-state index in [1.807, 2.05) is 0 Å². The molecule has 0 heterocycles. The third-order valence-corrected chi connectivity index (χ3v) is 8.22. The lowest BCUT2D eigenvalue weighted by Gasteiger charge is -2.57. The first-order chi connectivity index (χ1) is 12.2. The number of carbonyl (C=O) groups is 2. The fourth-order valence-electron chi connectivity index (χ4n) is 6.39. The summed E-state index contributed by atoms with van der Waals surface area (Å²) in [5, 5.41) is 0. The van der Waals surface area contributed by atoms with E-state index in [-0.39, 0.29) is 16.8 Å². The molecule has 26 heavy (non-hydrogen) atoms. The Morgan fingerprint density at radius 2 is 1.73 bits per heavy atom. The second-order valence-electron chi connectivity index (χ2n) is 9.17. The first kappa shape index (κ1) is 19.6. The lowest BCUT2D eigenvalue weighted by molar-refractivity contribution is -0.137. The summed E-state index contributed by atoms with van der Waals surface area (Å²) >= 11 is 0. The number of fused-ring (bicyclic) bond motifs is 4. The summed E-state index contributed by atoms with van der Waals surface area (Å²) in [5.74, 6) is 1.50. The Balaban J connectivity index is 0.000000349. The minimum absolute atomic E-state index is 0.100. The van der Waals surface area contributed by atoms with Crippen LogP contribution in [-0.4, -0.2) is 25.0 Å². The first-order valence-corrected chi connectivity index (χ1v) is 10.1. The van der Waals surface area contributed by atoms with Crippen LogP contribution in [0.15, 0.2) is 11.1 Å². The van der Waals surface area contributed by atoms with Gasteiger partial charge >= 0.3 is 5.97 Å². The molecule has 4 aliphatic rings. The maximum absolute atomic E-state index is 14.6. The molecule has 5 atom stereocenters. The van der Waals surface area contributed by atoms with E-state index in [0.29, 0.717) is 17.6 Å². The molecule has 3 nitrogen and oxygen atoms in total. The van der Waals surface area contributed by atoms with Crippen LogP contribution in [0.3, 0.4) is 0 Å². The van der Waals surface area contributed by atoms with Gasteiger partial charge in [-0.15, -0.1) is 0 Å². The number of halogens is 1. The summed E-state index contributed by atoms with van der Waals surface area (Å²) < 4.78 is 18.7. The predicted molar refractivity (Wildman–Crippen MR) is 99.4 cm³/mol. The molecular weight excluding hydrogens is 331 g/mol. The zero-order chi connectivity index (χ0) is 19.1. The summed E-state index contributed by atoms with van der Waals surface area (Å²) in [6.45, 7) is 5.96. The van der Waals surface area contributed by atoms with Crippen molar-refractivity contribution in [2.24, 2.45) is 22.7 Å². The van der Waals surface area contributed by atoms with Gasteiger partial charge in [-0.2, -0.15) is 0 Å². The predicted octanol–water partition coefficient (Wildman–Crippen LogP) is 5.18. The minimum Gasteiger partial charge on any atom is -0.469 e. The van der Waals surface area contributed by atoms with Gasteiger partial charge in [0.2, 0.25) is 0 Å². The van der Waals surface area contributed by atoms with Crippen LogP contribution in [0.5, 0.6) is 0 Å². The average molecular weight is 365 g/mol. The highest BCUT2D eigenvalue weighted by Crippen LogP contribution is 2.68. The van der Waals surface area contributed by atoms with E-state index in [1.165, 1.54) is 26.0 Å². The van der Waals surface area contributed by atoms with Crippen molar-refractivity contribution in [2.45, 2.75) is 84.7 Å². The third kappa shape index (κ3) is 3.03. The number of allylic oxidation sites excluding steroid dienone is 2. The van der Waals surface area contributed by atoms with Crippen LogP contribution in [0.2, 0.25) is 0 Å². The highest BCUT2D eigenvalue weighted by Gasteiger charge is 2.62. The number of methoxy groups -OCH3 is 1. The average Bonchev–Trinajstić information content (AvgIpc) is 2.86. The number of carbonyl (C=O) groups excluding carboxylic acids is 2. The highest BCUT2D eigenvalue weighted by molar-refractivity contribution is 5.82. The molecule has 0 spiro atoms. The van der Waals surface area contributed by atoms with E-state index in [4.69, 9.17) is 0 Å². The minimum atomic E-state index is -0.605. The number of hydrogen-bond acceptors (Lipinski definition) is 3. The third-order valence-electron chi connectivity index (χ3n) is 8.22. The second-order valence-corrected chi connectivity index (χ2v) is 9.17. The zero-order valence-electron chi connectivity index (χ0n) is 16.7. The van der Waals surface area contributed by atoms with Gasteiger partial charge in [-0.25, -0.2) is 4.39 Å². The summed E-state index contributed by atoms with van der Waals surface area (Å²) in [7, 11) is 1.35. The van der Waals surface area contributed by atoms with Crippen LogP contribution >= 0.6 is 0 Å². The van der Waals surface area contributed by atoms with Crippen LogP contribution in [0.25, 0.3) is 0 Å². The monoisotopic (exact) mass is 364 g/mol. The number of ketones is 1. The standard InChI is InChI=1S/C19H27FO.C3H6O2/c1-18-10-8-17(20)19(18,2)9-7-15-14-5-4-13(21)11-12(14)3-6-16(15)18;1-3(4)5-2/h15-17H,3-11H2,1-2H3;1-2H3/t15?,16-,17?,18?,19?;/m1./s1. The molecule has 0 radical (unpaired) electrons. The van der Waals surface area contributed by atoms with Crippen LogP contribution in [0, 0.1) is 22.7 Å². The summed E-state index contributed by atoms with van der Waals surface area (Å²) in [6.07, 6.45) is 8.18. The van der Waals surface area contributed by atoms with Gasteiger partial charge in [-0.05, 0) is 62.2 Å². The molecule has 146 valence electrons. The largest absolute Gasteiger partial charge is 0.469 e. The maximum Gasteiger partial charge on any atom is 0.302 e. The molecule has 2 saturated carbocycles. The Hall–Kier alpha value is -1.19. The van der Waals surface area contributed by atoms with Gasteiger partial charge in [0, 0.05) is 25.2 Å². The van der Waals surface area contributed by atoms with E-state index in [1.54, 1.807) is 5.57 Å². The smallest absolute Gasteiger partial charge is 0.302 e. The molecule has 0 saturated heterocycles. The quantitative estimate of drug-likeness (QED) is 0.439. The SMILES string of the molecule is CC12CCC3C4=C(CC[C@H]3C1(C)CCC2F)CC(=O)CC4.COC(C)=O. The molecule has 4 heteroatoms. The highest BCUT2D eigenvalue weighted by atomic mass is 19.1. The van der Waals surface area contributed by atoms with Crippen molar-refractivity contribution in [1.82, 2.24) is 0 Å². The van der Waals surface area contributed by atoms with E-state index < -0.39 is 6.17 Å². The van der Waals surface area contributed by atoms with Gasteiger partial charge in [-0.3, -0.25) is 9.59 Å². The number of ether oxygens (including phenoxy) is 1. The summed E-state index contributed by atoms with van der Waals surface area (Å²) in [6, 6.07) is 0. The Morgan fingerprint density at radius 3 is 2.38 bits per heavy atom. The Kier molecular flexibility index (Phi) is 5.33. The van der Waals surface area contributed by atoms with E-state index in [2.05, 4.69) is 18.6 Å². The van der Waals surface area contributed by atoms with Gasteiger partial charge in [-0.1, -0.05) is 25.0 Å². The normalized spacial score (nSPS) is 41.4. The van der Waals surface area contributed by atoms with Crippen molar-refractivity contribution in [1.29, 1.82) is 0 Å². The Bertz CT molecular complexity index is 625. The molecule has 0 aliphatic heterocycles. The molecule has 0 aromatic rings. The van der Waals surface area contributed by atoms with Crippen LogP contribution in [0.1, 0.15) is 78.6 Å². The first-order valence-electron chi connectivity index (χ1n) is 10.1. The Morgan fingerprint density at radius 1 is 1.08 bits per heavy atom. The van der Waals surface area contributed by atoms with Gasteiger partial charge in [0.15, 0.2) is 0 Å². The van der Waals surface area contributed by atoms with E-state index in [0.717, 1.165) is 51.4 Å². The van der Waals surface area contributed by atoms with Crippen molar-refractivity contribution in [3.63, 3.8) is 0 Å². The van der Waals surface area contributed by atoms with E-state index in [9.17, 15) is 14.0 Å². The van der Waals surface area contributed by atoms with Gasteiger partial charge in [0.25, 0.3) is 0 Å². The fraction of sp³-hybridized carbons (Fsp3) is 0.818. The van der Waals surface area contributed by atoms with Gasteiger partial charge in [0.05, 0.1) is 7.11 Å². The lowest BCUT2D eigenvalue weighted by Crippen LogP contribution is -2.51. The fourth-order valence-corrected chi connectivity index (χ4v) is 6.39. The van der Waals surface area contributed by atoms with Gasteiger partial charge in [0.1, 0.15) is 12.0 Å². The molecule has 4 rings (SSSR count). The second kappa shape index (κ2) is 7.09. The number of Topliss-reactive ketones (excluding diaryl/α,β-unsaturated/α-hetero) is 1. The maximum atomic E-state index is 14.6.